The van der Waals surface area contributed by atoms with Crippen LogP contribution >= 0.6 is 0 Å². The van der Waals surface area contributed by atoms with Crippen LogP contribution in [0.1, 0.15) is 13.8 Å². The summed E-state index contributed by atoms with van der Waals surface area (Å²) in [5.74, 6) is 0.0219. The first-order valence-electron chi connectivity index (χ1n) is 5.23. The number of amides is 1. The minimum absolute atomic E-state index is 0.0219. The number of likely N-dealkylation sites (N-methyl/N-ethyl adjacent to an activating group) is 1. The topological polar surface area (TPSA) is 64.2 Å². The lowest BCUT2D eigenvalue weighted by Crippen LogP contribution is -2.34. The second kappa shape index (κ2) is 5.34. The average Bonchev–Trinajstić information content (AvgIpc) is 2.60. The Balaban J connectivity index is 2.59. The fourth-order valence-electron chi connectivity index (χ4n) is 1.41. The van der Waals surface area contributed by atoms with Gasteiger partial charge in [0.2, 0.25) is 5.91 Å². The molecule has 0 fully saturated rings. The van der Waals surface area contributed by atoms with Gasteiger partial charge in [-0.25, -0.2) is 0 Å². The van der Waals surface area contributed by atoms with Gasteiger partial charge in [-0.15, -0.1) is 0 Å². The first-order valence-corrected chi connectivity index (χ1v) is 5.23. The van der Waals surface area contributed by atoms with E-state index in [0.717, 1.165) is 5.57 Å². The van der Waals surface area contributed by atoms with Crippen LogP contribution in [-0.2, 0) is 11.3 Å². The van der Waals surface area contributed by atoms with Gasteiger partial charge < -0.3 is 10.6 Å². The summed E-state index contributed by atoms with van der Waals surface area (Å²) in [7, 11) is 0. The fourth-order valence-corrected chi connectivity index (χ4v) is 1.41. The van der Waals surface area contributed by atoms with E-state index in [2.05, 4.69) is 11.7 Å². The van der Waals surface area contributed by atoms with Crippen molar-refractivity contribution in [3.8, 4) is 0 Å². The summed E-state index contributed by atoms with van der Waals surface area (Å²) < 4.78 is 1.54. The van der Waals surface area contributed by atoms with E-state index in [-0.39, 0.29) is 12.5 Å². The molecule has 1 heterocycles. The SMILES string of the molecule is C=C(C)CN(CC)C(=O)Cn1cc(N)cn1. The van der Waals surface area contributed by atoms with E-state index in [0.29, 0.717) is 18.8 Å². The van der Waals surface area contributed by atoms with Crippen molar-refractivity contribution in [2.75, 3.05) is 18.8 Å². The van der Waals surface area contributed by atoms with Crippen LogP contribution in [0.2, 0.25) is 0 Å². The molecule has 0 aliphatic carbocycles. The normalized spacial score (nSPS) is 10.1. The summed E-state index contributed by atoms with van der Waals surface area (Å²) >= 11 is 0. The van der Waals surface area contributed by atoms with Crippen molar-refractivity contribution >= 4 is 11.6 Å². The summed E-state index contributed by atoms with van der Waals surface area (Å²) in [6, 6.07) is 0. The van der Waals surface area contributed by atoms with E-state index < -0.39 is 0 Å². The quantitative estimate of drug-likeness (QED) is 0.752. The summed E-state index contributed by atoms with van der Waals surface area (Å²) in [5, 5.41) is 3.97. The molecule has 1 aromatic heterocycles. The second-order valence-corrected chi connectivity index (χ2v) is 3.84. The maximum atomic E-state index is 11.9. The molecular formula is C11H18N4O. The molecule has 0 radical (unpaired) electrons. The molecule has 0 aliphatic rings. The highest BCUT2D eigenvalue weighted by Crippen LogP contribution is 2.01. The number of nitrogens with two attached hydrogens (primary N) is 1. The van der Waals surface area contributed by atoms with Gasteiger partial charge in [-0.05, 0) is 13.8 Å². The number of carbonyl (C=O) groups excluding carboxylic acids is 1. The summed E-state index contributed by atoms with van der Waals surface area (Å²) in [6.45, 7) is 9.13. The highest BCUT2D eigenvalue weighted by atomic mass is 16.2. The molecule has 2 N–H and O–H groups in total. The van der Waals surface area contributed by atoms with Crippen LogP contribution < -0.4 is 5.73 Å². The molecule has 1 amide bonds. The molecule has 0 unspecified atom stereocenters. The lowest BCUT2D eigenvalue weighted by atomic mass is 10.3. The molecule has 0 aliphatic heterocycles. The molecular weight excluding hydrogens is 204 g/mol. The van der Waals surface area contributed by atoms with Gasteiger partial charge in [-0.2, -0.15) is 5.10 Å². The van der Waals surface area contributed by atoms with Gasteiger partial charge in [-0.1, -0.05) is 12.2 Å². The van der Waals surface area contributed by atoms with E-state index >= 15 is 0 Å². The van der Waals surface area contributed by atoms with Crippen molar-refractivity contribution in [3.63, 3.8) is 0 Å². The number of hydrogen-bond acceptors (Lipinski definition) is 3. The summed E-state index contributed by atoms with van der Waals surface area (Å²) in [5.41, 5.74) is 7.05. The van der Waals surface area contributed by atoms with Gasteiger partial charge in [0.05, 0.1) is 11.9 Å². The Morgan fingerprint density at radius 1 is 1.69 bits per heavy atom. The van der Waals surface area contributed by atoms with Gasteiger partial charge in [0, 0.05) is 19.3 Å². The lowest BCUT2D eigenvalue weighted by molar-refractivity contribution is -0.131. The van der Waals surface area contributed by atoms with Crippen molar-refractivity contribution in [2.45, 2.75) is 20.4 Å². The Kier molecular flexibility index (Phi) is 4.10. The Morgan fingerprint density at radius 3 is 2.81 bits per heavy atom. The number of carbonyl (C=O) groups is 1. The third kappa shape index (κ3) is 3.42. The Labute approximate surface area is 95.5 Å². The molecule has 1 rings (SSSR count). The molecule has 0 atom stereocenters. The molecule has 0 saturated carbocycles. The van der Waals surface area contributed by atoms with Crippen LogP contribution in [0.25, 0.3) is 0 Å². The molecule has 88 valence electrons. The van der Waals surface area contributed by atoms with Crippen molar-refractivity contribution < 1.29 is 4.79 Å². The van der Waals surface area contributed by atoms with Crippen molar-refractivity contribution in [1.29, 1.82) is 0 Å². The molecule has 0 saturated heterocycles. The van der Waals surface area contributed by atoms with Crippen molar-refractivity contribution in [3.05, 3.63) is 24.5 Å². The van der Waals surface area contributed by atoms with Gasteiger partial charge in [0.1, 0.15) is 6.54 Å². The summed E-state index contributed by atoms with van der Waals surface area (Å²) in [4.78, 5) is 13.6. The maximum absolute atomic E-state index is 11.9. The van der Waals surface area contributed by atoms with Gasteiger partial charge in [0.25, 0.3) is 0 Å². The summed E-state index contributed by atoms with van der Waals surface area (Å²) in [6.07, 6.45) is 3.18. The zero-order valence-electron chi connectivity index (χ0n) is 9.81. The number of anilines is 1. The molecule has 5 heteroatoms. The molecule has 16 heavy (non-hydrogen) atoms. The minimum Gasteiger partial charge on any atom is -0.396 e. The van der Waals surface area contributed by atoms with E-state index in [4.69, 9.17) is 5.73 Å². The first kappa shape index (κ1) is 12.3. The minimum atomic E-state index is 0.0219. The highest BCUT2D eigenvalue weighted by Gasteiger charge is 2.12. The standard InChI is InChI=1S/C11H18N4O/c1-4-14(6-9(2)3)11(16)8-15-7-10(12)5-13-15/h5,7H,2,4,6,8,12H2,1,3H3. The van der Waals surface area contributed by atoms with Gasteiger partial charge in [-0.3, -0.25) is 9.48 Å². The van der Waals surface area contributed by atoms with Crippen LogP contribution in [-0.4, -0.2) is 33.7 Å². The number of rotatable bonds is 5. The van der Waals surface area contributed by atoms with Gasteiger partial charge in [0.15, 0.2) is 0 Å². The predicted octanol–water partition coefficient (Wildman–Crippen LogP) is 0.890. The Hall–Kier alpha value is -1.78. The third-order valence-corrected chi connectivity index (χ3v) is 2.15. The molecule has 0 spiro atoms. The van der Waals surface area contributed by atoms with Crippen LogP contribution in [0.3, 0.4) is 0 Å². The number of hydrogen-bond donors (Lipinski definition) is 1. The zero-order chi connectivity index (χ0) is 12.1. The van der Waals surface area contributed by atoms with Crippen molar-refractivity contribution in [2.24, 2.45) is 0 Å². The van der Waals surface area contributed by atoms with E-state index in [9.17, 15) is 4.79 Å². The first-order chi connectivity index (χ1) is 7.52. The zero-order valence-corrected chi connectivity index (χ0v) is 9.81. The second-order valence-electron chi connectivity index (χ2n) is 3.84. The van der Waals surface area contributed by atoms with Crippen LogP contribution in [0.4, 0.5) is 5.69 Å². The number of nitrogen functional groups attached to an aromatic ring is 1. The lowest BCUT2D eigenvalue weighted by Gasteiger charge is -2.20. The third-order valence-electron chi connectivity index (χ3n) is 2.15. The Bertz CT molecular complexity index is 383. The van der Waals surface area contributed by atoms with E-state index in [1.807, 2.05) is 13.8 Å². The Morgan fingerprint density at radius 2 is 2.38 bits per heavy atom. The molecule has 1 aromatic rings. The van der Waals surface area contributed by atoms with E-state index in [1.54, 1.807) is 15.8 Å². The van der Waals surface area contributed by atoms with Crippen molar-refractivity contribution in [1.82, 2.24) is 14.7 Å². The maximum Gasteiger partial charge on any atom is 0.244 e. The number of aromatic nitrogens is 2. The fraction of sp³-hybridized carbons (Fsp3) is 0.455. The van der Waals surface area contributed by atoms with Crippen LogP contribution in [0.5, 0.6) is 0 Å². The molecule has 0 bridgehead atoms. The highest BCUT2D eigenvalue weighted by molar-refractivity contribution is 5.76. The molecule has 5 nitrogen and oxygen atoms in total. The monoisotopic (exact) mass is 222 g/mol. The van der Waals surface area contributed by atoms with Gasteiger partial charge >= 0.3 is 0 Å². The number of nitrogens with zero attached hydrogens (tertiary/aromatic N) is 3. The average molecular weight is 222 g/mol. The smallest absolute Gasteiger partial charge is 0.244 e. The van der Waals surface area contributed by atoms with Crippen LogP contribution in [0.15, 0.2) is 24.5 Å². The van der Waals surface area contributed by atoms with Crippen LogP contribution in [0, 0.1) is 0 Å². The molecule has 0 aromatic carbocycles. The predicted molar refractivity (Wildman–Crippen MR) is 63.7 cm³/mol. The largest absolute Gasteiger partial charge is 0.396 e. The van der Waals surface area contributed by atoms with E-state index in [1.165, 1.54) is 6.20 Å².